The molecule has 2 rings (SSSR count). The van der Waals surface area contributed by atoms with Crippen molar-refractivity contribution in [3.8, 4) is 11.3 Å². The normalized spacial score (nSPS) is 11.8. The first-order valence-corrected chi connectivity index (χ1v) is 6.34. The monoisotopic (exact) mass is 243 g/mol. The highest BCUT2D eigenvalue weighted by Crippen LogP contribution is 2.25. The van der Waals surface area contributed by atoms with Crippen LogP contribution in [0.15, 0.2) is 36.8 Å². The molecule has 0 aliphatic carbocycles. The van der Waals surface area contributed by atoms with Crippen LogP contribution in [0.3, 0.4) is 0 Å². The molecule has 0 saturated heterocycles. The van der Waals surface area contributed by atoms with Crippen molar-refractivity contribution in [2.75, 3.05) is 6.54 Å². The van der Waals surface area contributed by atoms with Crippen molar-refractivity contribution < 1.29 is 0 Å². The van der Waals surface area contributed by atoms with Crippen LogP contribution in [0.25, 0.3) is 11.3 Å². The third-order valence-corrected chi connectivity index (χ3v) is 3.04. The lowest BCUT2D eigenvalue weighted by Crippen LogP contribution is -2.21. The van der Waals surface area contributed by atoms with Crippen molar-refractivity contribution in [1.82, 2.24) is 9.55 Å². The van der Waals surface area contributed by atoms with Crippen molar-refractivity contribution >= 4 is 0 Å². The number of hydrogen-bond donors (Lipinski definition) is 1. The summed E-state index contributed by atoms with van der Waals surface area (Å²) in [7, 11) is 0. The Balaban J connectivity index is 2.35. The minimum atomic E-state index is 0.0434. The summed E-state index contributed by atoms with van der Waals surface area (Å²) in [6.45, 7) is 7.24. The van der Waals surface area contributed by atoms with E-state index in [1.54, 1.807) is 0 Å². The first-order valence-electron chi connectivity index (χ1n) is 6.34. The van der Waals surface area contributed by atoms with Crippen LogP contribution >= 0.6 is 0 Å². The van der Waals surface area contributed by atoms with E-state index < -0.39 is 0 Å². The third kappa shape index (κ3) is 2.62. The average Bonchev–Trinajstić information content (AvgIpc) is 2.79. The number of nitrogens with zero attached hydrogens (tertiary/aromatic N) is 2. The van der Waals surface area contributed by atoms with Crippen LogP contribution in [0.5, 0.6) is 0 Å². The predicted molar refractivity (Wildman–Crippen MR) is 75.4 cm³/mol. The second-order valence-corrected chi connectivity index (χ2v) is 5.56. The predicted octanol–water partition coefficient (Wildman–Crippen LogP) is 2.81. The number of imidazole rings is 1. The summed E-state index contributed by atoms with van der Waals surface area (Å²) in [6.07, 6.45) is 4.74. The van der Waals surface area contributed by atoms with Crippen LogP contribution in [0.1, 0.15) is 26.3 Å². The zero-order valence-corrected chi connectivity index (χ0v) is 11.4. The first kappa shape index (κ1) is 12.8. The smallest absolute Gasteiger partial charge is 0.0955 e. The van der Waals surface area contributed by atoms with E-state index in [0.717, 1.165) is 12.1 Å². The summed E-state index contributed by atoms with van der Waals surface area (Å²) < 4.78 is 2.20. The average molecular weight is 243 g/mol. The molecule has 1 aromatic heterocycles. The van der Waals surface area contributed by atoms with E-state index in [-0.39, 0.29) is 5.54 Å². The maximum absolute atomic E-state index is 5.56. The maximum atomic E-state index is 5.56. The SMILES string of the molecule is CC(C)(C)n1cncc1-c1ccc(CCN)cc1. The Kier molecular flexibility index (Phi) is 3.53. The molecule has 0 spiro atoms. The fraction of sp³-hybridized carbons (Fsp3) is 0.400. The minimum Gasteiger partial charge on any atom is -0.330 e. The lowest BCUT2D eigenvalue weighted by Gasteiger charge is -2.23. The number of nitrogens with two attached hydrogens (primary N) is 1. The minimum absolute atomic E-state index is 0.0434. The van der Waals surface area contributed by atoms with Gasteiger partial charge in [0, 0.05) is 5.54 Å². The second-order valence-electron chi connectivity index (χ2n) is 5.56. The van der Waals surface area contributed by atoms with Gasteiger partial charge in [0.05, 0.1) is 18.2 Å². The molecule has 1 aromatic carbocycles. The highest BCUT2D eigenvalue weighted by Gasteiger charge is 2.16. The Morgan fingerprint density at radius 2 is 1.83 bits per heavy atom. The maximum Gasteiger partial charge on any atom is 0.0955 e. The van der Waals surface area contributed by atoms with Crippen molar-refractivity contribution in [3.05, 3.63) is 42.4 Å². The van der Waals surface area contributed by atoms with E-state index >= 15 is 0 Å². The van der Waals surface area contributed by atoms with Crippen LogP contribution in [-0.4, -0.2) is 16.1 Å². The number of benzene rings is 1. The highest BCUT2D eigenvalue weighted by atomic mass is 15.1. The van der Waals surface area contributed by atoms with Gasteiger partial charge in [-0.3, -0.25) is 0 Å². The molecule has 0 fully saturated rings. The standard InChI is InChI=1S/C15H21N3/c1-15(2,3)18-11-17-10-14(18)13-6-4-12(5-7-13)8-9-16/h4-7,10-11H,8-9,16H2,1-3H3. The molecule has 1 heterocycles. The van der Waals surface area contributed by atoms with Gasteiger partial charge in [-0.15, -0.1) is 0 Å². The Morgan fingerprint density at radius 3 is 2.39 bits per heavy atom. The molecule has 2 aromatic rings. The number of hydrogen-bond acceptors (Lipinski definition) is 2. The molecule has 0 aliphatic heterocycles. The van der Waals surface area contributed by atoms with Gasteiger partial charge in [0.2, 0.25) is 0 Å². The summed E-state index contributed by atoms with van der Waals surface area (Å²) in [6, 6.07) is 8.57. The summed E-state index contributed by atoms with van der Waals surface area (Å²) in [4.78, 5) is 4.27. The summed E-state index contributed by atoms with van der Waals surface area (Å²) in [5.41, 5.74) is 9.24. The summed E-state index contributed by atoms with van der Waals surface area (Å²) in [5.74, 6) is 0. The van der Waals surface area contributed by atoms with E-state index in [4.69, 9.17) is 5.73 Å². The molecule has 0 bridgehead atoms. The van der Waals surface area contributed by atoms with Crippen molar-refractivity contribution in [3.63, 3.8) is 0 Å². The van der Waals surface area contributed by atoms with Gasteiger partial charge in [0.15, 0.2) is 0 Å². The van der Waals surface area contributed by atoms with Crippen LogP contribution in [0.2, 0.25) is 0 Å². The molecular formula is C15H21N3. The van der Waals surface area contributed by atoms with E-state index in [1.807, 2.05) is 12.5 Å². The Bertz CT molecular complexity index is 503. The van der Waals surface area contributed by atoms with Gasteiger partial charge in [0.1, 0.15) is 0 Å². The van der Waals surface area contributed by atoms with E-state index in [2.05, 4.69) is 54.6 Å². The summed E-state index contributed by atoms with van der Waals surface area (Å²) in [5, 5.41) is 0. The molecule has 0 saturated carbocycles. The number of aromatic nitrogens is 2. The van der Waals surface area contributed by atoms with Crippen LogP contribution < -0.4 is 5.73 Å². The van der Waals surface area contributed by atoms with Gasteiger partial charge in [-0.2, -0.15) is 0 Å². The lowest BCUT2D eigenvalue weighted by atomic mass is 10.0. The molecule has 0 aliphatic rings. The lowest BCUT2D eigenvalue weighted by molar-refractivity contribution is 0.400. The molecule has 3 nitrogen and oxygen atoms in total. The topological polar surface area (TPSA) is 43.8 Å². The zero-order chi connectivity index (χ0) is 13.2. The van der Waals surface area contributed by atoms with Gasteiger partial charge in [-0.25, -0.2) is 4.98 Å². The molecule has 96 valence electrons. The van der Waals surface area contributed by atoms with Crippen molar-refractivity contribution in [2.45, 2.75) is 32.7 Å². The number of rotatable bonds is 3. The zero-order valence-electron chi connectivity index (χ0n) is 11.4. The largest absolute Gasteiger partial charge is 0.330 e. The van der Waals surface area contributed by atoms with Crippen LogP contribution in [0, 0.1) is 0 Å². The molecule has 2 N–H and O–H groups in total. The molecule has 3 heteroatoms. The van der Waals surface area contributed by atoms with Crippen molar-refractivity contribution in [2.24, 2.45) is 5.73 Å². The molecule has 0 unspecified atom stereocenters. The highest BCUT2D eigenvalue weighted by molar-refractivity contribution is 5.59. The van der Waals surface area contributed by atoms with Gasteiger partial charge in [-0.05, 0) is 44.9 Å². The third-order valence-electron chi connectivity index (χ3n) is 3.04. The molecule has 0 amide bonds. The molecule has 0 atom stereocenters. The quantitative estimate of drug-likeness (QED) is 0.901. The Morgan fingerprint density at radius 1 is 1.17 bits per heavy atom. The van der Waals surface area contributed by atoms with Gasteiger partial charge >= 0.3 is 0 Å². The fourth-order valence-electron chi connectivity index (χ4n) is 2.05. The van der Waals surface area contributed by atoms with Gasteiger partial charge < -0.3 is 10.3 Å². The fourth-order valence-corrected chi connectivity index (χ4v) is 2.05. The molecule has 0 radical (unpaired) electrons. The molecule has 18 heavy (non-hydrogen) atoms. The van der Waals surface area contributed by atoms with E-state index in [0.29, 0.717) is 6.54 Å². The Labute approximate surface area is 109 Å². The van der Waals surface area contributed by atoms with Gasteiger partial charge in [0.25, 0.3) is 0 Å². The Hall–Kier alpha value is -1.61. The van der Waals surface area contributed by atoms with Crippen LogP contribution in [0.4, 0.5) is 0 Å². The summed E-state index contributed by atoms with van der Waals surface area (Å²) >= 11 is 0. The van der Waals surface area contributed by atoms with Crippen LogP contribution in [-0.2, 0) is 12.0 Å². The van der Waals surface area contributed by atoms with E-state index in [1.165, 1.54) is 11.1 Å². The van der Waals surface area contributed by atoms with Crippen molar-refractivity contribution in [1.29, 1.82) is 0 Å². The van der Waals surface area contributed by atoms with E-state index in [9.17, 15) is 0 Å². The molecular weight excluding hydrogens is 222 g/mol. The van der Waals surface area contributed by atoms with Gasteiger partial charge in [-0.1, -0.05) is 24.3 Å². The second kappa shape index (κ2) is 4.94. The first-order chi connectivity index (χ1) is 8.52.